The fraction of sp³-hybridized carbons (Fsp3) is 0.625. The van der Waals surface area contributed by atoms with Crippen LogP contribution in [0.4, 0.5) is 0 Å². The summed E-state index contributed by atoms with van der Waals surface area (Å²) in [6.07, 6.45) is 3.24. The predicted molar refractivity (Wildman–Crippen MR) is 69.6 cm³/mol. The zero-order chi connectivity index (χ0) is 12.3. The van der Waals surface area contributed by atoms with Crippen molar-refractivity contribution in [2.45, 2.75) is 45.6 Å². The van der Waals surface area contributed by atoms with E-state index in [1.165, 1.54) is 6.42 Å². The van der Waals surface area contributed by atoms with E-state index in [0.29, 0.717) is 11.3 Å². The minimum absolute atomic E-state index is 0.0581. The molecule has 2 saturated carbocycles. The van der Waals surface area contributed by atoms with E-state index in [2.05, 4.69) is 32.9 Å². The first-order valence-corrected chi connectivity index (χ1v) is 6.65. The van der Waals surface area contributed by atoms with Crippen LogP contribution < -0.4 is 0 Å². The summed E-state index contributed by atoms with van der Waals surface area (Å²) in [6, 6.07) is 10.3. The smallest absolute Gasteiger partial charge is 0.0952 e. The molecule has 0 amide bonds. The largest absolute Gasteiger partial charge is 0.385 e. The molecule has 3 atom stereocenters. The molecule has 1 heteroatoms. The maximum absolute atomic E-state index is 11.1. The second-order valence-corrected chi connectivity index (χ2v) is 7.06. The summed E-state index contributed by atoms with van der Waals surface area (Å²) in [5.41, 5.74) is 0.965. The Morgan fingerprint density at radius 2 is 1.71 bits per heavy atom. The van der Waals surface area contributed by atoms with E-state index in [1.807, 2.05) is 18.2 Å². The molecule has 2 fully saturated rings. The maximum atomic E-state index is 11.1. The van der Waals surface area contributed by atoms with Gasteiger partial charge < -0.3 is 5.11 Å². The Morgan fingerprint density at radius 1 is 1.06 bits per heavy atom. The van der Waals surface area contributed by atoms with Crippen molar-refractivity contribution in [1.29, 1.82) is 0 Å². The molecule has 2 bridgehead atoms. The van der Waals surface area contributed by atoms with Gasteiger partial charge in [-0.2, -0.15) is 0 Å². The molecule has 1 nitrogen and oxygen atoms in total. The van der Waals surface area contributed by atoms with Gasteiger partial charge >= 0.3 is 0 Å². The average Bonchev–Trinajstić information content (AvgIpc) is 2.65. The summed E-state index contributed by atoms with van der Waals surface area (Å²) in [5.74, 6) is 0.665. The molecule has 0 saturated heterocycles. The highest BCUT2D eigenvalue weighted by molar-refractivity contribution is 5.30. The standard InChI is InChI=1S/C16H22O/c1-14(2)11-15(3)9-13(14)10-16(15,17)12-7-5-4-6-8-12/h4-8,13,17H,9-11H2,1-3H3/t13-,15-,16+/m0/s1. The van der Waals surface area contributed by atoms with Gasteiger partial charge in [0.15, 0.2) is 0 Å². The van der Waals surface area contributed by atoms with Crippen LogP contribution in [-0.4, -0.2) is 5.11 Å². The van der Waals surface area contributed by atoms with Crippen LogP contribution in [0.15, 0.2) is 30.3 Å². The molecule has 1 aromatic carbocycles. The van der Waals surface area contributed by atoms with Gasteiger partial charge in [0.1, 0.15) is 0 Å². The number of benzene rings is 1. The van der Waals surface area contributed by atoms with Gasteiger partial charge in [-0.3, -0.25) is 0 Å². The Balaban J connectivity index is 2.03. The Labute approximate surface area is 104 Å². The van der Waals surface area contributed by atoms with Crippen LogP contribution in [0.3, 0.4) is 0 Å². The van der Waals surface area contributed by atoms with Crippen LogP contribution in [0.5, 0.6) is 0 Å². The lowest BCUT2D eigenvalue weighted by Crippen LogP contribution is -2.43. The zero-order valence-corrected chi connectivity index (χ0v) is 11.0. The van der Waals surface area contributed by atoms with Gasteiger partial charge in [-0.1, -0.05) is 51.1 Å². The molecule has 0 heterocycles. The van der Waals surface area contributed by atoms with E-state index < -0.39 is 5.60 Å². The maximum Gasteiger partial charge on any atom is 0.0952 e. The van der Waals surface area contributed by atoms with Crippen LogP contribution in [0.25, 0.3) is 0 Å². The topological polar surface area (TPSA) is 20.2 Å². The van der Waals surface area contributed by atoms with E-state index in [9.17, 15) is 5.11 Å². The first-order chi connectivity index (χ1) is 7.87. The van der Waals surface area contributed by atoms with Crippen LogP contribution in [0.1, 0.15) is 45.6 Å². The van der Waals surface area contributed by atoms with Crippen molar-refractivity contribution in [1.82, 2.24) is 0 Å². The normalized spacial score (nSPS) is 42.9. The lowest BCUT2D eigenvalue weighted by Gasteiger charge is -2.46. The molecule has 0 spiro atoms. The molecule has 17 heavy (non-hydrogen) atoms. The quantitative estimate of drug-likeness (QED) is 0.779. The van der Waals surface area contributed by atoms with E-state index in [0.717, 1.165) is 18.4 Å². The Bertz CT molecular complexity index is 436. The summed E-state index contributed by atoms with van der Waals surface area (Å²) in [7, 11) is 0. The van der Waals surface area contributed by atoms with Crippen molar-refractivity contribution in [2.75, 3.05) is 0 Å². The van der Waals surface area contributed by atoms with Crippen LogP contribution in [0, 0.1) is 16.7 Å². The molecule has 92 valence electrons. The third-order valence-electron chi connectivity index (χ3n) is 5.44. The van der Waals surface area contributed by atoms with Gasteiger partial charge in [0.25, 0.3) is 0 Å². The fourth-order valence-electron chi connectivity index (χ4n) is 4.49. The molecule has 2 aliphatic carbocycles. The molecule has 0 aromatic heterocycles. The highest BCUT2D eigenvalue weighted by Gasteiger charge is 2.64. The second kappa shape index (κ2) is 3.14. The molecule has 1 aromatic rings. The number of hydrogen-bond donors (Lipinski definition) is 1. The molecule has 0 radical (unpaired) electrons. The van der Waals surface area contributed by atoms with Gasteiger partial charge in [-0.05, 0) is 36.2 Å². The number of hydrogen-bond acceptors (Lipinski definition) is 1. The van der Waals surface area contributed by atoms with Gasteiger partial charge in [0, 0.05) is 5.41 Å². The van der Waals surface area contributed by atoms with Crippen molar-refractivity contribution < 1.29 is 5.11 Å². The van der Waals surface area contributed by atoms with Gasteiger partial charge in [0.2, 0.25) is 0 Å². The van der Waals surface area contributed by atoms with Gasteiger partial charge in [0.05, 0.1) is 5.60 Å². The molecule has 0 unspecified atom stereocenters. The minimum Gasteiger partial charge on any atom is -0.385 e. The van der Waals surface area contributed by atoms with Gasteiger partial charge in [-0.15, -0.1) is 0 Å². The van der Waals surface area contributed by atoms with Crippen LogP contribution in [-0.2, 0) is 5.60 Å². The Morgan fingerprint density at radius 3 is 2.18 bits per heavy atom. The first kappa shape index (κ1) is 11.3. The summed E-state index contributed by atoms with van der Waals surface area (Å²) >= 11 is 0. The lowest BCUT2D eigenvalue weighted by atomic mass is 9.63. The summed E-state index contributed by atoms with van der Waals surface area (Å²) in [5, 5.41) is 11.1. The average molecular weight is 230 g/mol. The number of rotatable bonds is 1. The van der Waals surface area contributed by atoms with Gasteiger partial charge in [-0.25, -0.2) is 0 Å². The molecule has 2 aliphatic rings. The third kappa shape index (κ3) is 1.35. The van der Waals surface area contributed by atoms with Crippen molar-refractivity contribution in [3.05, 3.63) is 35.9 Å². The number of aliphatic hydroxyl groups is 1. The van der Waals surface area contributed by atoms with Crippen LogP contribution >= 0.6 is 0 Å². The zero-order valence-electron chi connectivity index (χ0n) is 11.0. The molecule has 0 aliphatic heterocycles. The SMILES string of the molecule is CC1(C)C[C@]2(C)C[C@H]1C[C@@]2(O)c1ccccc1. The van der Waals surface area contributed by atoms with E-state index in [-0.39, 0.29) is 5.41 Å². The molecule has 3 rings (SSSR count). The Kier molecular flexibility index (Phi) is 2.08. The minimum atomic E-state index is -0.603. The monoisotopic (exact) mass is 230 g/mol. The summed E-state index contributed by atoms with van der Waals surface area (Å²) in [6.45, 7) is 6.98. The third-order valence-corrected chi connectivity index (χ3v) is 5.44. The lowest BCUT2D eigenvalue weighted by molar-refractivity contribution is -0.0926. The van der Waals surface area contributed by atoms with E-state index >= 15 is 0 Å². The Hall–Kier alpha value is -0.820. The fourth-order valence-corrected chi connectivity index (χ4v) is 4.49. The molecule has 1 N–H and O–H groups in total. The van der Waals surface area contributed by atoms with Crippen molar-refractivity contribution >= 4 is 0 Å². The molecular weight excluding hydrogens is 208 g/mol. The highest BCUT2D eigenvalue weighted by atomic mass is 16.3. The van der Waals surface area contributed by atoms with Crippen molar-refractivity contribution in [3.8, 4) is 0 Å². The van der Waals surface area contributed by atoms with E-state index in [1.54, 1.807) is 0 Å². The summed E-state index contributed by atoms with van der Waals surface area (Å²) < 4.78 is 0. The van der Waals surface area contributed by atoms with E-state index in [4.69, 9.17) is 0 Å². The van der Waals surface area contributed by atoms with Crippen molar-refractivity contribution in [2.24, 2.45) is 16.7 Å². The molecular formula is C16H22O. The number of fused-ring (bicyclic) bond motifs is 2. The first-order valence-electron chi connectivity index (χ1n) is 6.65. The van der Waals surface area contributed by atoms with Crippen LogP contribution in [0.2, 0.25) is 0 Å². The second-order valence-electron chi connectivity index (χ2n) is 7.06. The highest BCUT2D eigenvalue weighted by Crippen LogP contribution is 2.69. The predicted octanol–water partition coefficient (Wildman–Crippen LogP) is 3.72. The van der Waals surface area contributed by atoms with Crippen molar-refractivity contribution in [3.63, 3.8) is 0 Å². The summed E-state index contributed by atoms with van der Waals surface area (Å²) in [4.78, 5) is 0.